The highest BCUT2D eigenvalue weighted by molar-refractivity contribution is 5.93. The summed E-state index contributed by atoms with van der Waals surface area (Å²) in [5, 5.41) is 3.09. The highest BCUT2D eigenvalue weighted by Crippen LogP contribution is 2.24. The summed E-state index contributed by atoms with van der Waals surface area (Å²) in [5.41, 5.74) is 4.83. The van der Waals surface area contributed by atoms with Crippen LogP contribution >= 0.6 is 0 Å². The van der Waals surface area contributed by atoms with Crippen LogP contribution in [-0.2, 0) is 24.1 Å². The number of carbonyl (C=O) groups excluding carboxylic acids is 1. The van der Waals surface area contributed by atoms with Crippen molar-refractivity contribution >= 4 is 11.6 Å². The molecule has 2 aromatic carbocycles. The number of nitrogens with one attached hydrogen (secondary N) is 1. The summed E-state index contributed by atoms with van der Waals surface area (Å²) < 4.78 is 5.75. The number of carbonyl (C=O) groups is 1. The van der Waals surface area contributed by atoms with Crippen molar-refractivity contribution in [2.75, 3.05) is 5.32 Å². The first-order valence-electron chi connectivity index (χ1n) is 9.04. The van der Waals surface area contributed by atoms with Crippen LogP contribution in [0, 0.1) is 6.92 Å². The predicted molar refractivity (Wildman–Crippen MR) is 104 cm³/mol. The van der Waals surface area contributed by atoms with Crippen LogP contribution in [0.2, 0.25) is 0 Å². The highest BCUT2D eigenvalue weighted by Gasteiger charge is 2.16. The normalized spacial score (nSPS) is 10.7. The molecule has 0 aliphatic carbocycles. The molecule has 3 rings (SSSR count). The lowest BCUT2D eigenvalue weighted by Gasteiger charge is -2.14. The first-order valence-corrected chi connectivity index (χ1v) is 9.04. The average molecular weight is 348 g/mol. The molecule has 3 aromatic rings. The third-order valence-corrected chi connectivity index (χ3v) is 4.50. The Hall–Kier alpha value is -2.88. The molecule has 1 N–H and O–H groups in total. The lowest BCUT2D eigenvalue weighted by Crippen LogP contribution is -2.17. The Morgan fingerprint density at radius 2 is 1.65 bits per heavy atom. The van der Waals surface area contributed by atoms with Gasteiger partial charge < -0.3 is 9.73 Å². The van der Waals surface area contributed by atoms with Crippen molar-refractivity contribution in [3.8, 4) is 11.5 Å². The molecule has 0 spiro atoms. The molecule has 4 nitrogen and oxygen atoms in total. The van der Waals surface area contributed by atoms with Crippen molar-refractivity contribution in [3.63, 3.8) is 0 Å². The Labute approximate surface area is 154 Å². The SMILES string of the molecule is CCc1cccc(CC)c1NC(=O)Cc1nc(-c2ccccc2)oc1C. The molecule has 1 aromatic heterocycles. The summed E-state index contributed by atoms with van der Waals surface area (Å²) in [5.74, 6) is 1.16. The lowest BCUT2D eigenvalue weighted by molar-refractivity contribution is -0.115. The van der Waals surface area contributed by atoms with Gasteiger partial charge in [-0.1, -0.05) is 50.2 Å². The number of oxazole rings is 1. The molecular formula is C22H24N2O2. The van der Waals surface area contributed by atoms with Crippen molar-refractivity contribution in [2.45, 2.75) is 40.0 Å². The van der Waals surface area contributed by atoms with E-state index >= 15 is 0 Å². The number of aryl methyl sites for hydroxylation is 3. The molecule has 4 heteroatoms. The van der Waals surface area contributed by atoms with Gasteiger partial charge >= 0.3 is 0 Å². The maximum atomic E-state index is 12.6. The largest absolute Gasteiger partial charge is 0.441 e. The zero-order valence-electron chi connectivity index (χ0n) is 15.5. The molecule has 0 unspecified atom stereocenters. The first-order chi connectivity index (χ1) is 12.6. The number of nitrogens with zero attached hydrogens (tertiary/aromatic N) is 1. The van der Waals surface area contributed by atoms with Crippen molar-refractivity contribution in [1.29, 1.82) is 0 Å². The number of hydrogen-bond acceptors (Lipinski definition) is 3. The van der Waals surface area contributed by atoms with E-state index in [1.54, 1.807) is 0 Å². The molecule has 0 atom stereocenters. The topological polar surface area (TPSA) is 55.1 Å². The molecule has 0 fully saturated rings. The Morgan fingerprint density at radius 3 is 2.27 bits per heavy atom. The van der Waals surface area contributed by atoms with E-state index in [0.29, 0.717) is 17.3 Å². The molecule has 26 heavy (non-hydrogen) atoms. The van der Waals surface area contributed by atoms with E-state index in [0.717, 1.165) is 35.2 Å². The summed E-state index contributed by atoms with van der Waals surface area (Å²) in [6.45, 7) is 6.04. The third kappa shape index (κ3) is 3.85. The highest BCUT2D eigenvalue weighted by atomic mass is 16.4. The lowest BCUT2D eigenvalue weighted by atomic mass is 10.0. The molecule has 1 amide bonds. The van der Waals surface area contributed by atoms with Crippen LogP contribution in [-0.4, -0.2) is 10.9 Å². The van der Waals surface area contributed by atoms with E-state index in [2.05, 4.69) is 36.3 Å². The van der Waals surface area contributed by atoms with E-state index in [4.69, 9.17) is 4.42 Å². The summed E-state index contributed by atoms with van der Waals surface area (Å²) in [6, 6.07) is 15.9. The summed E-state index contributed by atoms with van der Waals surface area (Å²) in [4.78, 5) is 17.1. The fraction of sp³-hybridized carbons (Fsp3) is 0.273. The van der Waals surface area contributed by atoms with Crippen LogP contribution in [0.4, 0.5) is 5.69 Å². The Balaban J connectivity index is 1.79. The number of benzene rings is 2. The number of amides is 1. The number of para-hydroxylation sites is 1. The van der Waals surface area contributed by atoms with Gasteiger partial charge in [-0.25, -0.2) is 4.98 Å². The van der Waals surface area contributed by atoms with Gasteiger partial charge in [-0.3, -0.25) is 4.79 Å². The first kappa shape index (κ1) is 17.9. The Kier molecular flexibility index (Phi) is 5.52. The standard InChI is InChI=1S/C22H24N2O2/c1-4-16-12-9-13-17(5-2)21(16)24-20(25)14-19-15(3)26-22(23-19)18-10-7-6-8-11-18/h6-13H,4-5,14H2,1-3H3,(H,24,25). The zero-order chi connectivity index (χ0) is 18.5. The van der Waals surface area contributed by atoms with E-state index in [1.807, 2.05) is 43.3 Å². The predicted octanol–water partition coefficient (Wildman–Crippen LogP) is 4.96. The fourth-order valence-corrected chi connectivity index (χ4v) is 3.04. The maximum absolute atomic E-state index is 12.6. The third-order valence-electron chi connectivity index (χ3n) is 4.50. The number of aromatic nitrogens is 1. The minimum Gasteiger partial charge on any atom is -0.441 e. The van der Waals surface area contributed by atoms with Gasteiger partial charge in [-0.2, -0.15) is 0 Å². The van der Waals surface area contributed by atoms with E-state index in [9.17, 15) is 4.79 Å². The monoisotopic (exact) mass is 348 g/mol. The minimum absolute atomic E-state index is 0.0726. The Bertz CT molecular complexity index is 876. The van der Waals surface area contributed by atoms with E-state index in [-0.39, 0.29) is 12.3 Å². The molecule has 0 saturated carbocycles. The molecule has 0 aliphatic heterocycles. The van der Waals surface area contributed by atoms with Crippen LogP contribution in [0.3, 0.4) is 0 Å². The Morgan fingerprint density at radius 1 is 1.00 bits per heavy atom. The zero-order valence-corrected chi connectivity index (χ0v) is 15.5. The average Bonchev–Trinajstić information content (AvgIpc) is 3.03. The molecule has 0 saturated heterocycles. The van der Waals surface area contributed by atoms with Crippen LogP contribution in [0.15, 0.2) is 52.9 Å². The second-order valence-electron chi connectivity index (χ2n) is 6.27. The van der Waals surface area contributed by atoms with Crippen molar-refractivity contribution in [2.24, 2.45) is 0 Å². The molecule has 1 heterocycles. The van der Waals surface area contributed by atoms with Crippen molar-refractivity contribution < 1.29 is 9.21 Å². The molecule has 0 aliphatic rings. The van der Waals surface area contributed by atoms with Gasteiger partial charge in [0.2, 0.25) is 11.8 Å². The quantitative estimate of drug-likeness (QED) is 0.685. The fourth-order valence-electron chi connectivity index (χ4n) is 3.04. The van der Waals surface area contributed by atoms with Crippen LogP contribution < -0.4 is 5.32 Å². The summed E-state index contributed by atoms with van der Waals surface area (Å²) >= 11 is 0. The van der Waals surface area contributed by atoms with Gasteiger partial charge in [0.1, 0.15) is 5.76 Å². The van der Waals surface area contributed by atoms with Crippen molar-refractivity contribution in [3.05, 3.63) is 71.1 Å². The molecule has 134 valence electrons. The van der Waals surface area contributed by atoms with Gasteiger partial charge in [-0.05, 0) is 43.0 Å². The number of rotatable bonds is 6. The van der Waals surface area contributed by atoms with Crippen LogP contribution in [0.1, 0.15) is 36.4 Å². The van der Waals surface area contributed by atoms with Gasteiger partial charge in [0.15, 0.2) is 0 Å². The molecule has 0 radical (unpaired) electrons. The smallest absolute Gasteiger partial charge is 0.230 e. The van der Waals surface area contributed by atoms with Gasteiger partial charge in [0.25, 0.3) is 0 Å². The summed E-state index contributed by atoms with van der Waals surface area (Å²) in [7, 11) is 0. The van der Waals surface area contributed by atoms with Gasteiger partial charge in [0.05, 0.1) is 12.1 Å². The number of anilines is 1. The van der Waals surface area contributed by atoms with E-state index < -0.39 is 0 Å². The van der Waals surface area contributed by atoms with Crippen LogP contribution in [0.25, 0.3) is 11.5 Å². The minimum atomic E-state index is -0.0726. The van der Waals surface area contributed by atoms with Gasteiger partial charge in [-0.15, -0.1) is 0 Å². The van der Waals surface area contributed by atoms with E-state index in [1.165, 1.54) is 0 Å². The number of hydrogen-bond donors (Lipinski definition) is 1. The van der Waals surface area contributed by atoms with Crippen LogP contribution in [0.5, 0.6) is 0 Å². The maximum Gasteiger partial charge on any atom is 0.230 e. The van der Waals surface area contributed by atoms with Gasteiger partial charge in [0, 0.05) is 11.3 Å². The second-order valence-corrected chi connectivity index (χ2v) is 6.27. The van der Waals surface area contributed by atoms with Crippen molar-refractivity contribution in [1.82, 2.24) is 4.98 Å². The molecule has 0 bridgehead atoms. The second kappa shape index (κ2) is 8.00. The molecular weight excluding hydrogens is 324 g/mol. The summed E-state index contributed by atoms with van der Waals surface area (Å²) in [6.07, 6.45) is 1.96.